The maximum atomic E-state index is 11.1. The van der Waals surface area contributed by atoms with Gasteiger partial charge >= 0.3 is 0 Å². The quantitative estimate of drug-likeness (QED) is 0.848. The van der Waals surface area contributed by atoms with Crippen molar-refractivity contribution in [3.63, 3.8) is 0 Å². The Balaban J connectivity index is 1.99. The van der Waals surface area contributed by atoms with Crippen molar-refractivity contribution in [2.45, 2.75) is 19.5 Å². The van der Waals surface area contributed by atoms with Crippen molar-refractivity contribution in [3.05, 3.63) is 59.7 Å². The van der Waals surface area contributed by atoms with Crippen LogP contribution in [0.15, 0.2) is 42.9 Å². The molecule has 19 heavy (non-hydrogen) atoms. The summed E-state index contributed by atoms with van der Waals surface area (Å²) in [5, 5.41) is 3.33. The van der Waals surface area contributed by atoms with Crippen molar-refractivity contribution in [1.82, 2.24) is 15.3 Å². The zero-order valence-electron chi connectivity index (χ0n) is 10.7. The van der Waals surface area contributed by atoms with Crippen molar-refractivity contribution in [2.24, 2.45) is 5.73 Å². The Bertz CT molecular complexity index is 556. The molecule has 0 aliphatic rings. The van der Waals surface area contributed by atoms with Crippen LogP contribution >= 0.6 is 0 Å². The number of nitrogens with zero attached hydrogens (tertiary/aromatic N) is 2. The van der Waals surface area contributed by atoms with Gasteiger partial charge in [-0.2, -0.15) is 0 Å². The monoisotopic (exact) mass is 256 g/mol. The molecule has 98 valence electrons. The molecule has 0 fully saturated rings. The first-order valence-electron chi connectivity index (χ1n) is 6.05. The number of hydrogen-bond acceptors (Lipinski definition) is 4. The van der Waals surface area contributed by atoms with E-state index in [2.05, 4.69) is 15.3 Å². The van der Waals surface area contributed by atoms with Crippen molar-refractivity contribution in [3.8, 4) is 0 Å². The van der Waals surface area contributed by atoms with Crippen LogP contribution in [0.25, 0.3) is 0 Å². The number of carbonyl (C=O) groups is 1. The Hall–Kier alpha value is -2.27. The van der Waals surface area contributed by atoms with E-state index in [-0.39, 0.29) is 6.04 Å². The third kappa shape index (κ3) is 3.59. The molecule has 0 bridgehead atoms. The van der Waals surface area contributed by atoms with Gasteiger partial charge in [0, 0.05) is 36.7 Å². The molecule has 5 nitrogen and oxygen atoms in total. The van der Waals surface area contributed by atoms with Gasteiger partial charge in [0.15, 0.2) is 0 Å². The lowest BCUT2D eigenvalue weighted by molar-refractivity contribution is 0.1000. The van der Waals surface area contributed by atoms with E-state index in [1.807, 2.05) is 19.1 Å². The number of hydrogen-bond donors (Lipinski definition) is 2. The smallest absolute Gasteiger partial charge is 0.248 e. The first-order chi connectivity index (χ1) is 9.16. The lowest BCUT2D eigenvalue weighted by atomic mass is 10.1. The van der Waals surface area contributed by atoms with Gasteiger partial charge in [0.25, 0.3) is 0 Å². The van der Waals surface area contributed by atoms with E-state index in [9.17, 15) is 4.79 Å². The van der Waals surface area contributed by atoms with E-state index in [4.69, 9.17) is 5.73 Å². The number of primary amides is 1. The van der Waals surface area contributed by atoms with Crippen LogP contribution in [0.2, 0.25) is 0 Å². The van der Waals surface area contributed by atoms with Gasteiger partial charge in [-0.05, 0) is 24.6 Å². The highest BCUT2D eigenvalue weighted by atomic mass is 16.1. The number of rotatable bonds is 5. The van der Waals surface area contributed by atoms with Crippen LogP contribution in [0.1, 0.15) is 34.6 Å². The topological polar surface area (TPSA) is 80.9 Å². The average molecular weight is 256 g/mol. The molecule has 0 saturated heterocycles. The highest BCUT2D eigenvalue weighted by Crippen LogP contribution is 2.10. The molecule has 0 radical (unpaired) electrons. The van der Waals surface area contributed by atoms with Crippen LogP contribution in [0.3, 0.4) is 0 Å². The van der Waals surface area contributed by atoms with Crippen LogP contribution in [0, 0.1) is 0 Å². The minimum Gasteiger partial charge on any atom is -0.366 e. The molecule has 1 amide bonds. The molecule has 1 unspecified atom stereocenters. The molecule has 0 aliphatic carbocycles. The fraction of sp³-hybridized carbons (Fsp3) is 0.214. The SMILES string of the molecule is CC(NCc1cccc(C(N)=O)c1)c1cnccn1. The summed E-state index contributed by atoms with van der Waals surface area (Å²) in [7, 11) is 0. The third-order valence-corrected chi connectivity index (χ3v) is 2.85. The minimum absolute atomic E-state index is 0.0888. The number of nitrogens with one attached hydrogen (secondary N) is 1. The molecule has 0 spiro atoms. The van der Waals surface area contributed by atoms with Gasteiger partial charge in [-0.25, -0.2) is 0 Å². The molecule has 0 saturated carbocycles. The van der Waals surface area contributed by atoms with Crippen LogP contribution in [0.5, 0.6) is 0 Å². The highest BCUT2D eigenvalue weighted by Gasteiger charge is 2.07. The molecular weight excluding hydrogens is 240 g/mol. The van der Waals surface area contributed by atoms with Gasteiger partial charge in [0.2, 0.25) is 5.91 Å². The summed E-state index contributed by atoms with van der Waals surface area (Å²) in [4.78, 5) is 19.4. The van der Waals surface area contributed by atoms with Gasteiger partial charge in [0.1, 0.15) is 0 Å². The Kier molecular flexibility index (Phi) is 4.20. The van der Waals surface area contributed by atoms with Crippen molar-refractivity contribution >= 4 is 5.91 Å². The number of benzene rings is 1. The minimum atomic E-state index is -0.413. The normalized spacial score (nSPS) is 12.1. The number of amides is 1. The molecule has 0 aliphatic heterocycles. The summed E-state index contributed by atoms with van der Waals surface area (Å²) in [6.07, 6.45) is 5.05. The molecule has 1 aromatic carbocycles. The third-order valence-electron chi connectivity index (χ3n) is 2.85. The Morgan fingerprint density at radius 2 is 2.26 bits per heavy atom. The van der Waals surface area contributed by atoms with Crippen molar-refractivity contribution in [1.29, 1.82) is 0 Å². The lowest BCUT2D eigenvalue weighted by Gasteiger charge is -2.13. The van der Waals surface area contributed by atoms with Gasteiger partial charge in [-0.15, -0.1) is 0 Å². The fourth-order valence-corrected chi connectivity index (χ4v) is 1.74. The highest BCUT2D eigenvalue weighted by molar-refractivity contribution is 5.92. The molecule has 1 atom stereocenters. The first kappa shape index (κ1) is 13.2. The van der Waals surface area contributed by atoms with Gasteiger partial charge in [-0.3, -0.25) is 14.8 Å². The standard InChI is InChI=1S/C14H16N4O/c1-10(13-9-16-5-6-17-13)18-8-11-3-2-4-12(7-11)14(15)19/h2-7,9-10,18H,8H2,1H3,(H2,15,19). The summed E-state index contributed by atoms with van der Waals surface area (Å²) in [5.74, 6) is -0.413. The first-order valence-corrected chi connectivity index (χ1v) is 6.05. The number of carbonyl (C=O) groups excluding carboxylic acids is 1. The molecular formula is C14H16N4O. The second-order valence-corrected chi connectivity index (χ2v) is 4.30. The van der Waals surface area contributed by atoms with Gasteiger partial charge < -0.3 is 11.1 Å². The van der Waals surface area contributed by atoms with Crippen molar-refractivity contribution in [2.75, 3.05) is 0 Å². The van der Waals surface area contributed by atoms with Crippen molar-refractivity contribution < 1.29 is 4.79 Å². The maximum absolute atomic E-state index is 11.1. The average Bonchev–Trinajstić information content (AvgIpc) is 2.46. The van der Waals surface area contributed by atoms with E-state index in [0.29, 0.717) is 12.1 Å². The molecule has 2 rings (SSSR count). The Morgan fingerprint density at radius 1 is 1.42 bits per heavy atom. The van der Waals surface area contributed by atoms with Gasteiger partial charge in [-0.1, -0.05) is 12.1 Å². The summed E-state index contributed by atoms with van der Waals surface area (Å²) in [6.45, 7) is 2.65. The molecule has 1 aromatic heterocycles. The molecule has 2 aromatic rings. The van der Waals surface area contributed by atoms with Crippen LogP contribution in [0.4, 0.5) is 0 Å². The van der Waals surface area contributed by atoms with Crippen LogP contribution < -0.4 is 11.1 Å². The molecule has 1 heterocycles. The number of nitrogens with two attached hydrogens (primary N) is 1. The van der Waals surface area contributed by atoms with Gasteiger partial charge in [0.05, 0.1) is 5.69 Å². The summed E-state index contributed by atoms with van der Waals surface area (Å²) in [6, 6.07) is 7.36. The van der Waals surface area contributed by atoms with E-state index < -0.39 is 5.91 Å². The second kappa shape index (κ2) is 6.06. The molecule has 5 heteroatoms. The Morgan fingerprint density at radius 3 is 2.95 bits per heavy atom. The number of aromatic nitrogens is 2. The fourth-order valence-electron chi connectivity index (χ4n) is 1.74. The zero-order valence-corrected chi connectivity index (χ0v) is 10.7. The van der Waals surface area contributed by atoms with E-state index in [1.54, 1.807) is 30.7 Å². The summed E-state index contributed by atoms with van der Waals surface area (Å²) < 4.78 is 0. The van der Waals surface area contributed by atoms with E-state index in [0.717, 1.165) is 11.3 Å². The van der Waals surface area contributed by atoms with Crippen LogP contribution in [-0.4, -0.2) is 15.9 Å². The largest absolute Gasteiger partial charge is 0.366 e. The second-order valence-electron chi connectivity index (χ2n) is 4.30. The summed E-state index contributed by atoms with van der Waals surface area (Å²) >= 11 is 0. The maximum Gasteiger partial charge on any atom is 0.248 e. The van der Waals surface area contributed by atoms with E-state index >= 15 is 0 Å². The lowest BCUT2D eigenvalue weighted by Crippen LogP contribution is -2.19. The van der Waals surface area contributed by atoms with Crippen LogP contribution in [-0.2, 0) is 6.54 Å². The van der Waals surface area contributed by atoms with E-state index in [1.165, 1.54) is 0 Å². The summed E-state index contributed by atoms with van der Waals surface area (Å²) in [5.41, 5.74) is 7.66. The zero-order chi connectivity index (χ0) is 13.7. The predicted molar refractivity (Wildman–Crippen MR) is 72.2 cm³/mol. The Labute approximate surface area is 111 Å². The molecule has 3 N–H and O–H groups in total. The predicted octanol–water partition coefficient (Wildman–Crippen LogP) is 1.43.